The number of halogens is 4. The Labute approximate surface area is 211 Å². The summed E-state index contributed by atoms with van der Waals surface area (Å²) < 4.78 is 29.0. The molecular weight excluding hydrogens is 531 g/mol. The molecular formula is C24H23BF4MoN2O2-. The first-order chi connectivity index (χ1) is 15.6. The molecule has 0 bridgehead atoms. The van der Waals surface area contributed by atoms with E-state index >= 15 is 0 Å². The van der Waals surface area contributed by atoms with Crippen molar-refractivity contribution in [2.24, 2.45) is 11.8 Å². The molecule has 0 saturated heterocycles. The Hall–Kier alpha value is -2.67. The minimum Gasteiger partial charge on any atom is -1.00 e. The molecule has 0 spiro atoms. The number of pyridine rings is 2. The van der Waals surface area contributed by atoms with Gasteiger partial charge in [0.15, 0.2) is 0 Å². The summed E-state index contributed by atoms with van der Waals surface area (Å²) >= 11 is 0. The van der Waals surface area contributed by atoms with Crippen molar-refractivity contribution in [1.82, 2.24) is 9.97 Å². The van der Waals surface area contributed by atoms with Crippen LogP contribution in [0.4, 0.5) is 12.9 Å². The Morgan fingerprint density at radius 3 is 1.76 bits per heavy atom. The molecule has 0 N–H and O–H groups in total. The van der Waals surface area contributed by atoms with Crippen LogP contribution < -0.4 is 4.70 Å². The zero-order chi connectivity index (χ0) is 23.9. The summed E-state index contributed by atoms with van der Waals surface area (Å²) in [4.78, 5) is 24.2. The summed E-state index contributed by atoms with van der Waals surface area (Å²) in [5, 5.41) is 2.28. The summed E-state index contributed by atoms with van der Waals surface area (Å²) in [7, 11) is -3.67. The molecule has 1 saturated carbocycles. The van der Waals surface area contributed by atoms with E-state index in [0.29, 0.717) is 0 Å². The first-order valence-electron chi connectivity index (χ1n) is 9.71. The van der Waals surface area contributed by atoms with Crippen molar-refractivity contribution in [3.63, 3.8) is 0 Å². The standard InChI is InChI=1S/C12H8N2.C10H13.2CHO.BF3.FH.Mo/c1-3-9-5-6-10-4-2-8-14-12(10)11(9)13-7-1;1-8-6-7-9-4-2-3-5-10(8)9;2*1-2;2-1(3)4;;/h1-8H;2-5,9-10H,6-7H2,1H3;2*1H;;1H;/q;3*-1;;;+3/p-1. The number of carbonyl (C=O) groups excluding carboxylic acids is 2. The molecule has 10 heteroatoms. The molecule has 2 heterocycles. The quantitative estimate of drug-likeness (QED) is 0.141. The van der Waals surface area contributed by atoms with Crippen molar-refractivity contribution >= 4 is 42.9 Å². The molecule has 5 rings (SSSR count). The number of nitrogens with zero attached hydrogens (tertiary/aromatic N) is 2. The Morgan fingerprint density at radius 1 is 0.882 bits per heavy atom. The van der Waals surface area contributed by atoms with Gasteiger partial charge in [-0.05, 0) is 18.1 Å². The monoisotopic (exact) mass is 556 g/mol. The van der Waals surface area contributed by atoms with Crippen molar-refractivity contribution in [2.75, 3.05) is 0 Å². The summed E-state index contributed by atoms with van der Waals surface area (Å²) in [6.07, 6.45) is 15.4. The maximum Gasteiger partial charge on any atom is 3.00 e. The molecule has 3 aromatic rings. The Morgan fingerprint density at radius 2 is 1.32 bits per heavy atom. The predicted octanol–water partition coefficient (Wildman–Crippen LogP) is 2.85. The fourth-order valence-corrected chi connectivity index (χ4v) is 3.70. The Bertz CT molecular complexity index is 967. The summed E-state index contributed by atoms with van der Waals surface area (Å²) in [6.45, 7) is 8.79. The van der Waals surface area contributed by atoms with Crippen molar-refractivity contribution in [2.45, 2.75) is 19.8 Å². The molecule has 34 heavy (non-hydrogen) atoms. The molecule has 2 aliphatic rings. The molecule has 1 fully saturated rings. The first-order valence-corrected chi connectivity index (χ1v) is 9.71. The normalized spacial score (nSPS) is 16.8. The van der Waals surface area contributed by atoms with Gasteiger partial charge in [-0.1, -0.05) is 48.9 Å². The van der Waals surface area contributed by atoms with Crippen LogP contribution in [0.2, 0.25) is 0 Å². The maximum absolute atomic E-state index is 9.67. The average molecular weight is 554 g/mol. The number of rotatable bonds is 0. The second-order valence-corrected chi connectivity index (χ2v) is 6.81. The van der Waals surface area contributed by atoms with Crippen molar-refractivity contribution in [3.8, 4) is 0 Å². The van der Waals surface area contributed by atoms with Crippen molar-refractivity contribution in [3.05, 3.63) is 79.0 Å². The summed E-state index contributed by atoms with van der Waals surface area (Å²) in [5.74, 6) is 3.29. The van der Waals surface area contributed by atoms with Gasteiger partial charge in [0.25, 0.3) is 0 Å². The fraction of sp³-hybridized carbons (Fsp3) is 0.208. The van der Waals surface area contributed by atoms with Crippen LogP contribution in [0.15, 0.2) is 73.1 Å². The van der Waals surface area contributed by atoms with Crippen LogP contribution in [0.5, 0.6) is 0 Å². The second kappa shape index (κ2) is 18.7. The SMILES string of the molecule is C[C-]1CCC2C=CC=CC12.FB(F)F.[CH-]=O.[CH-]=O.[F-].[Mo+3].c1cnc2c(c1)ccc1cccnc12. The van der Waals surface area contributed by atoms with Gasteiger partial charge in [-0.25, -0.2) is 0 Å². The van der Waals surface area contributed by atoms with Crippen LogP contribution in [-0.4, -0.2) is 31.1 Å². The van der Waals surface area contributed by atoms with Crippen molar-refractivity contribution < 1.29 is 48.3 Å². The minimum atomic E-state index is -3.67. The Balaban J connectivity index is 0. The zero-order valence-corrected chi connectivity index (χ0v) is 20.4. The van der Waals surface area contributed by atoms with Crippen LogP contribution in [0, 0.1) is 17.8 Å². The van der Waals surface area contributed by atoms with E-state index in [2.05, 4.69) is 79.0 Å². The molecule has 0 amide bonds. The number of fused-ring (bicyclic) bond motifs is 4. The van der Waals surface area contributed by atoms with E-state index in [9.17, 15) is 12.9 Å². The average Bonchev–Trinajstić information content (AvgIpc) is 3.23. The third-order valence-corrected chi connectivity index (χ3v) is 5.03. The van der Waals surface area contributed by atoms with Crippen LogP contribution in [0.25, 0.3) is 21.8 Å². The topological polar surface area (TPSA) is 59.9 Å². The van der Waals surface area contributed by atoms with E-state index < -0.39 is 7.54 Å². The third kappa shape index (κ3) is 10.1. The number of allylic oxidation sites excluding steroid dienone is 4. The minimum absolute atomic E-state index is 0. The fourth-order valence-electron chi connectivity index (χ4n) is 3.70. The van der Waals surface area contributed by atoms with Gasteiger partial charge < -0.3 is 20.2 Å². The number of aromatic nitrogens is 2. The Kier molecular flexibility index (Phi) is 18.5. The number of benzene rings is 1. The third-order valence-electron chi connectivity index (χ3n) is 5.03. The van der Waals surface area contributed by atoms with Gasteiger partial charge in [0.1, 0.15) is 0 Å². The second-order valence-electron chi connectivity index (χ2n) is 6.81. The number of hydrogen-bond donors (Lipinski definition) is 0. The molecule has 1 radical (unpaired) electrons. The largest absolute Gasteiger partial charge is 3.00 e. The molecule has 2 unspecified atom stereocenters. The van der Waals surface area contributed by atoms with Crippen LogP contribution in [-0.2, 0) is 30.7 Å². The predicted molar refractivity (Wildman–Crippen MR) is 123 cm³/mol. The van der Waals surface area contributed by atoms with E-state index in [-0.39, 0.29) is 25.8 Å². The van der Waals surface area contributed by atoms with Gasteiger partial charge >= 0.3 is 28.6 Å². The smallest absolute Gasteiger partial charge is 1.00 e. The van der Waals surface area contributed by atoms with Crippen LogP contribution in [0.3, 0.4) is 0 Å². The number of hydrogen-bond acceptors (Lipinski definition) is 4. The van der Waals surface area contributed by atoms with Gasteiger partial charge in [-0.3, -0.25) is 36.5 Å². The van der Waals surface area contributed by atoms with E-state index in [1.165, 1.54) is 12.8 Å². The molecule has 4 nitrogen and oxygen atoms in total. The van der Waals surface area contributed by atoms with Gasteiger partial charge in [-0.15, -0.1) is 12.0 Å². The van der Waals surface area contributed by atoms with E-state index in [1.54, 1.807) is 18.3 Å². The molecule has 2 atom stereocenters. The molecule has 1 aromatic carbocycles. The van der Waals surface area contributed by atoms with Gasteiger partial charge in [0.2, 0.25) is 0 Å². The zero-order valence-electron chi connectivity index (χ0n) is 18.4. The van der Waals surface area contributed by atoms with Crippen LogP contribution >= 0.6 is 0 Å². The van der Waals surface area contributed by atoms with Gasteiger partial charge in [0.05, 0.1) is 11.0 Å². The van der Waals surface area contributed by atoms with Gasteiger partial charge in [-0.2, -0.15) is 13.3 Å². The van der Waals surface area contributed by atoms with Crippen LogP contribution in [0.1, 0.15) is 19.8 Å². The first kappa shape index (κ1) is 33.5. The van der Waals surface area contributed by atoms with Crippen molar-refractivity contribution in [1.29, 1.82) is 0 Å². The molecule has 0 aliphatic heterocycles. The maximum atomic E-state index is 9.67. The van der Waals surface area contributed by atoms with Gasteiger partial charge in [0, 0.05) is 23.2 Å². The summed E-state index contributed by atoms with van der Waals surface area (Å²) in [6, 6.07) is 12.1. The molecule has 179 valence electrons. The molecule has 2 aliphatic carbocycles. The van der Waals surface area contributed by atoms with E-state index in [0.717, 1.165) is 33.6 Å². The van der Waals surface area contributed by atoms with E-state index in [1.807, 2.05) is 12.1 Å². The molecule has 2 aromatic heterocycles. The summed E-state index contributed by atoms with van der Waals surface area (Å²) in [5.41, 5.74) is 1.95. The van der Waals surface area contributed by atoms with E-state index in [4.69, 9.17) is 9.59 Å².